The third-order valence-corrected chi connectivity index (χ3v) is 5.24. The molecule has 0 radical (unpaired) electrons. The van der Waals surface area contributed by atoms with Crippen LogP contribution in [0, 0.1) is 11.6 Å². The van der Waals surface area contributed by atoms with Crippen LogP contribution in [0.1, 0.15) is 15.7 Å². The Morgan fingerprint density at radius 3 is 2.84 bits per heavy atom. The molecule has 3 rings (SSSR count). The van der Waals surface area contributed by atoms with E-state index in [9.17, 15) is 13.6 Å². The van der Waals surface area contributed by atoms with Gasteiger partial charge in [0.05, 0.1) is 16.7 Å². The van der Waals surface area contributed by atoms with Gasteiger partial charge >= 0.3 is 0 Å². The zero-order valence-electron chi connectivity index (χ0n) is 9.65. The van der Waals surface area contributed by atoms with Gasteiger partial charge in [-0.25, -0.2) is 8.78 Å². The molecule has 6 heteroatoms. The van der Waals surface area contributed by atoms with Crippen molar-refractivity contribution in [3.63, 3.8) is 0 Å². The van der Waals surface area contributed by atoms with Crippen molar-refractivity contribution in [3.8, 4) is 0 Å². The molecular formula is C13H9F2NOS2. The Labute approximate surface area is 116 Å². The van der Waals surface area contributed by atoms with E-state index in [1.807, 2.05) is 11.4 Å². The van der Waals surface area contributed by atoms with Crippen LogP contribution in [0.5, 0.6) is 0 Å². The Morgan fingerprint density at radius 2 is 2.05 bits per heavy atom. The summed E-state index contributed by atoms with van der Waals surface area (Å²) >= 11 is 2.92. The molecule has 98 valence electrons. The second-order valence-electron chi connectivity index (χ2n) is 4.11. The fourth-order valence-corrected chi connectivity index (χ4v) is 4.21. The lowest BCUT2D eigenvalue weighted by Crippen LogP contribution is -2.11. The molecule has 0 bridgehead atoms. The standard InChI is InChI=1S/C13H9F2NOS2/c14-8-2-1-7(5-9(8)15)12-13-10(3-4-18-13)16-11(17)6-19-12/h1-5,12H,6H2,(H,16,17)/t12-/m0/s1. The van der Waals surface area contributed by atoms with E-state index in [1.54, 1.807) is 6.07 Å². The zero-order chi connectivity index (χ0) is 13.4. The lowest BCUT2D eigenvalue weighted by Gasteiger charge is -2.14. The topological polar surface area (TPSA) is 29.1 Å². The third kappa shape index (κ3) is 2.37. The van der Waals surface area contributed by atoms with Crippen molar-refractivity contribution in [3.05, 3.63) is 51.7 Å². The minimum atomic E-state index is -0.861. The van der Waals surface area contributed by atoms with Crippen LogP contribution in [-0.2, 0) is 4.79 Å². The van der Waals surface area contributed by atoms with E-state index >= 15 is 0 Å². The van der Waals surface area contributed by atoms with E-state index in [2.05, 4.69) is 5.32 Å². The summed E-state index contributed by atoms with van der Waals surface area (Å²) in [5.74, 6) is -1.50. The maximum absolute atomic E-state index is 13.4. The molecule has 0 saturated carbocycles. The van der Waals surface area contributed by atoms with Crippen molar-refractivity contribution in [2.45, 2.75) is 5.25 Å². The quantitative estimate of drug-likeness (QED) is 0.867. The SMILES string of the molecule is O=C1CS[C@@H](c2ccc(F)c(F)c2)c2sccc2N1. The first-order chi connectivity index (χ1) is 9.15. The van der Waals surface area contributed by atoms with Crippen molar-refractivity contribution < 1.29 is 13.6 Å². The average molecular weight is 297 g/mol. The van der Waals surface area contributed by atoms with Crippen LogP contribution in [0.15, 0.2) is 29.6 Å². The average Bonchev–Trinajstić information content (AvgIpc) is 2.76. The first-order valence-corrected chi connectivity index (χ1v) is 7.52. The summed E-state index contributed by atoms with van der Waals surface area (Å²) in [5.41, 5.74) is 1.43. The van der Waals surface area contributed by atoms with Crippen molar-refractivity contribution in [1.82, 2.24) is 0 Å². The minimum absolute atomic E-state index is 0.0743. The van der Waals surface area contributed by atoms with Crippen LogP contribution in [0.4, 0.5) is 14.5 Å². The lowest BCUT2D eigenvalue weighted by atomic mass is 10.1. The molecule has 2 aromatic rings. The zero-order valence-corrected chi connectivity index (χ0v) is 11.3. The number of rotatable bonds is 1. The molecule has 19 heavy (non-hydrogen) atoms. The number of hydrogen-bond acceptors (Lipinski definition) is 3. The highest BCUT2D eigenvalue weighted by molar-refractivity contribution is 8.00. The van der Waals surface area contributed by atoms with Crippen molar-refractivity contribution in [1.29, 1.82) is 0 Å². The smallest absolute Gasteiger partial charge is 0.234 e. The number of carbonyl (C=O) groups is 1. The Kier molecular flexibility index (Phi) is 3.28. The van der Waals surface area contributed by atoms with E-state index < -0.39 is 11.6 Å². The highest BCUT2D eigenvalue weighted by Crippen LogP contribution is 2.44. The summed E-state index contributed by atoms with van der Waals surface area (Å²) in [7, 11) is 0. The fourth-order valence-electron chi connectivity index (χ4n) is 1.97. The third-order valence-electron chi connectivity index (χ3n) is 2.83. The normalized spacial score (nSPS) is 18.6. The number of thioether (sulfide) groups is 1. The largest absolute Gasteiger partial charge is 0.324 e. The van der Waals surface area contributed by atoms with Gasteiger partial charge in [0, 0.05) is 4.88 Å². The van der Waals surface area contributed by atoms with Crippen LogP contribution < -0.4 is 5.32 Å². The van der Waals surface area contributed by atoms with Crippen molar-refractivity contribution in [2.75, 3.05) is 11.1 Å². The van der Waals surface area contributed by atoms with Crippen LogP contribution in [-0.4, -0.2) is 11.7 Å². The van der Waals surface area contributed by atoms with Gasteiger partial charge in [0.2, 0.25) is 5.91 Å². The molecule has 0 fully saturated rings. The number of anilines is 1. The van der Waals surface area contributed by atoms with Gasteiger partial charge in [-0.2, -0.15) is 0 Å². The molecule has 1 N–H and O–H groups in total. The van der Waals surface area contributed by atoms with Gasteiger partial charge in [-0.1, -0.05) is 6.07 Å². The molecule has 0 spiro atoms. The fraction of sp³-hybridized carbons (Fsp3) is 0.154. The van der Waals surface area contributed by atoms with Crippen molar-refractivity contribution >= 4 is 34.7 Å². The molecular weight excluding hydrogens is 288 g/mol. The van der Waals surface area contributed by atoms with Crippen LogP contribution in [0.2, 0.25) is 0 Å². The Balaban J connectivity index is 2.05. The van der Waals surface area contributed by atoms with Crippen LogP contribution in [0.25, 0.3) is 0 Å². The molecule has 1 atom stereocenters. The highest BCUT2D eigenvalue weighted by atomic mass is 32.2. The van der Waals surface area contributed by atoms with Gasteiger partial charge in [0.15, 0.2) is 11.6 Å². The molecule has 2 nitrogen and oxygen atoms in total. The number of carbonyl (C=O) groups excluding carboxylic acids is 1. The van der Waals surface area contributed by atoms with Crippen LogP contribution in [0.3, 0.4) is 0 Å². The first-order valence-electron chi connectivity index (χ1n) is 5.59. The first kappa shape index (κ1) is 12.6. The molecule has 1 aliphatic rings. The number of fused-ring (bicyclic) bond motifs is 1. The van der Waals surface area contributed by atoms with E-state index in [0.717, 1.165) is 16.6 Å². The molecule has 1 aromatic carbocycles. The molecule has 1 amide bonds. The second kappa shape index (κ2) is 4.94. The summed E-state index contributed by atoms with van der Waals surface area (Å²) in [6.45, 7) is 0. The monoisotopic (exact) mass is 297 g/mol. The van der Waals surface area contributed by atoms with Crippen LogP contribution >= 0.6 is 23.1 Å². The molecule has 0 saturated heterocycles. The molecule has 0 aliphatic carbocycles. The summed E-state index contributed by atoms with van der Waals surface area (Å²) in [5, 5.41) is 4.54. The maximum Gasteiger partial charge on any atom is 0.234 e. The molecule has 0 unspecified atom stereocenters. The molecule has 1 aliphatic heterocycles. The number of benzene rings is 1. The van der Waals surface area contributed by atoms with E-state index in [4.69, 9.17) is 0 Å². The minimum Gasteiger partial charge on any atom is -0.324 e. The number of thiophene rings is 1. The van der Waals surface area contributed by atoms with Gasteiger partial charge in [0.25, 0.3) is 0 Å². The number of hydrogen-bond donors (Lipinski definition) is 1. The van der Waals surface area contributed by atoms with Crippen molar-refractivity contribution in [2.24, 2.45) is 0 Å². The summed E-state index contributed by atoms with van der Waals surface area (Å²) in [6, 6.07) is 5.72. The number of nitrogens with one attached hydrogen (secondary N) is 1. The van der Waals surface area contributed by atoms with Gasteiger partial charge in [-0.15, -0.1) is 23.1 Å². The summed E-state index contributed by atoms with van der Waals surface area (Å²) in [4.78, 5) is 12.5. The number of amides is 1. The predicted molar refractivity (Wildman–Crippen MR) is 73.6 cm³/mol. The predicted octanol–water partition coefficient (Wildman–Crippen LogP) is 3.80. The van der Waals surface area contributed by atoms with Gasteiger partial charge in [0.1, 0.15) is 0 Å². The lowest BCUT2D eigenvalue weighted by molar-refractivity contribution is -0.113. The summed E-state index contributed by atoms with van der Waals surface area (Å²) in [6.07, 6.45) is 0. The second-order valence-corrected chi connectivity index (χ2v) is 6.15. The Hall–Kier alpha value is -1.40. The van der Waals surface area contributed by atoms with Gasteiger partial charge in [-0.05, 0) is 29.1 Å². The van der Waals surface area contributed by atoms with E-state index in [1.165, 1.54) is 29.2 Å². The molecule has 1 aromatic heterocycles. The Morgan fingerprint density at radius 1 is 1.21 bits per heavy atom. The summed E-state index contributed by atoms with van der Waals surface area (Å²) < 4.78 is 26.3. The van der Waals surface area contributed by atoms with Gasteiger partial charge < -0.3 is 5.32 Å². The maximum atomic E-state index is 13.4. The highest BCUT2D eigenvalue weighted by Gasteiger charge is 2.25. The number of halogens is 2. The van der Waals surface area contributed by atoms with Gasteiger partial charge in [-0.3, -0.25) is 4.79 Å². The molecule has 2 heterocycles. The Bertz CT molecular complexity index is 641. The van der Waals surface area contributed by atoms with E-state index in [-0.39, 0.29) is 11.2 Å². The van der Waals surface area contributed by atoms with E-state index in [0.29, 0.717) is 11.3 Å².